The van der Waals surface area contributed by atoms with Gasteiger partial charge in [-0.2, -0.15) is 5.21 Å². The third kappa shape index (κ3) is 1.59. The number of halogens is 1. The first kappa shape index (κ1) is 9.11. The summed E-state index contributed by atoms with van der Waals surface area (Å²) in [5.41, 5.74) is 0.170. The SMILES string of the molecule is OC(Cl)c1ccccc1-c1nn[nH]n1. The van der Waals surface area contributed by atoms with Gasteiger partial charge in [-0.25, -0.2) is 0 Å². The molecule has 0 radical (unpaired) electrons. The number of hydrogen-bond donors (Lipinski definition) is 2. The van der Waals surface area contributed by atoms with Crippen molar-refractivity contribution in [3.05, 3.63) is 29.8 Å². The molecule has 0 amide bonds. The molecule has 0 spiro atoms. The van der Waals surface area contributed by atoms with Crippen molar-refractivity contribution in [3.8, 4) is 11.4 Å². The van der Waals surface area contributed by atoms with Gasteiger partial charge in [-0.05, 0) is 5.21 Å². The number of H-pyrrole nitrogens is 1. The number of alkyl halides is 1. The molecule has 0 saturated heterocycles. The van der Waals surface area contributed by atoms with E-state index in [0.717, 1.165) is 0 Å². The van der Waals surface area contributed by atoms with Gasteiger partial charge in [0, 0.05) is 11.1 Å². The molecule has 2 rings (SSSR count). The highest BCUT2D eigenvalue weighted by Gasteiger charge is 2.12. The predicted octanol–water partition coefficient (Wildman–Crippen LogP) is 1.10. The molecule has 2 N–H and O–H groups in total. The van der Waals surface area contributed by atoms with Gasteiger partial charge >= 0.3 is 0 Å². The van der Waals surface area contributed by atoms with E-state index in [9.17, 15) is 5.11 Å². The highest BCUT2D eigenvalue weighted by Crippen LogP contribution is 2.26. The lowest BCUT2D eigenvalue weighted by atomic mass is 10.1. The molecule has 1 aromatic heterocycles. The summed E-state index contributed by atoms with van der Waals surface area (Å²) in [6.07, 6.45) is 0. The molecule has 14 heavy (non-hydrogen) atoms. The van der Waals surface area contributed by atoms with E-state index in [1.165, 1.54) is 0 Å². The van der Waals surface area contributed by atoms with E-state index in [-0.39, 0.29) is 0 Å². The topological polar surface area (TPSA) is 74.7 Å². The van der Waals surface area contributed by atoms with Crippen LogP contribution >= 0.6 is 11.6 Å². The largest absolute Gasteiger partial charge is 0.373 e. The number of hydrogen-bond acceptors (Lipinski definition) is 4. The van der Waals surface area contributed by atoms with Gasteiger partial charge in [-0.3, -0.25) is 0 Å². The molecule has 0 aliphatic carbocycles. The lowest BCUT2D eigenvalue weighted by Gasteiger charge is -2.06. The van der Waals surface area contributed by atoms with E-state index >= 15 is 0 Å². The van der Waals surface area contributed by atoms with E-state index in [1.54, 1.807) is 18.2 Å². The highest BCUT2D eigenvalue weighted by atomic mass is 35.5. The molecular weight excluding hydrogens is 204 g/mol. The number of aromatic amines is 1. The second-order valence-electron chi connectivity index (χ2n) is 2.66. The zero-order valence-electron chi connectivity index (χ0n) is 7.05. The molecular formula is C8H7ClN4O. The molecule has 0 aliphatic rings. The Labute approximate surface area is 84.7 Å². The third-order valence-corrected chi connectivity index (χ3v) is 2.04. The average molecular weight is 211 g/mol. The smallest absolute Gasteiger partial charge is 0.205 e. The second-order valence-corrected chi connectivity index (χ2v) is 3.07. The van der Waals surface area contributed by atoms with Crippen LogP contribution in [0.5, 0.6) is 0 Å². The van der Waals surface area contributed by atoms with Crippen molar-refractivity contribution < 1.29 is 5.11 Å². The molecule has 5 nitrogen and oxygen atoms in total. The molecule has 1 unspecified atom stereocenters. The van der Waals surface area contributed by atoms with Crippen LogP contribution in [0.4, 0.5) is 0 Å². The average Bonchev–Trinajstić information content (AvgIpc) is 2.70. The van der Waals surface area contributed by atoms with Crippen LogP contribution in [0.2, 0.25) is 0 Å². The first-order valence-electron chi connectivity index (χ1n) is 3.94. The van der Waals surface area contributed by atoms with Gasteiger partial charge in [0.25, 0.3) is 0 Å². The van der Waals surface area contributed by atoms with Crippen LogP contribution in [-0.2, 0) is 0 Å². The Kier molecular flexibility index (Phi) is 2.43. The zero-order valence-corrected chi connectivity index (χ0v) is 7.81. The van der Waals surface area contributed by atoms with Crippen LogP contribution in [-0.4, -0.2) is 25.7 Å². The van der Waals surface area contributed by atoms with Crippen LogP contribution in [0.3, 0.4) is 0 Å². The Balaban J connectivity index is 2.53. The maximum atomic E-state index is 9.28. The van der Waals surface area contributed by atoms with Crippen molar-refractivity contribution in [1.29, 1.82) is 0 Å². The summed E-state index contributed by atoms with van der Waals surface area (Å²) >= 11 is 5.59. The molecule has 0 fully saturated rings. The number of aromatic nitrogens is 4. The zero-order chi connectivity index (χ0) is 9.97. The molecule has 1 atom stereocenters. The predicted molar refractivity (Wildman–Crippen MR) is 50.4 cm³/mol. The number of rotatable bonds is 2. The van der Waals surface area contributed by atoms with Crippen LogP contribution in [0.15, 0.2) is 24.3 Å². The minimum Gasteiger partial charge on any atom is -0.373 e. The van der Waals surface area contributed by atoms with Gasteiger partial charge in [-0.15, -0.1) is 10.2 Å². The van der Waals surface area contributed by atoms with Gasteiger partial charge < -0.3 is 5.11 Å². The Morgan fingerprint density at radius 3 is 2.79 bits per heavy atom. The van der Waals surface area contributed by atoms with Crippen LogP contribution < -0.4 is 0 Å². The van der Waals surface area contributed by atoms with E-state index in [0.29, 0.717) is 17.0 Å². The Morgan fingerprint density at radius 2 is 2.14 bits per heavy atom. The monoisotopic (exact) mass is 210 g/mol. The Bertz CT molecular complexity index is 415. The maximum absolute atomic E-state index is 9.28. The van der Waals surface area contributed by atoms with Crippen molar-refractivity contribution in [3.63, 3.8) is 0 Å². The standard InChI is InChI=1S/C8H7ClN4O/c9-7(14)5-3-1-2-4-6(5)8-10-12-13-11-8/h1-4,7,14H,(H,10,11,12,13). The summed E-state index contributed by atoms with van der Waals surface area (Å²) in [5.74, 6) is 0.417. The molecule has 0 saturated carbocycles. The van der Waals surface area contributed by atoms with Gasteiger partial charge in [0.2, 0.25) is 5.82 Å². The minimum absolute atomic E-state index is 0.417. The number of tetrazole rings is 1. The molecule has 0 bridgehead atoms. The first-order valence-corrected chi connectivity index (χ1v) is 4.37. The highest BCUT2D eigenvalue weighted by molar-refractivity contribution is 6.20. The molecule has 1 heterocycles. The molecule has 72 valence electrons. The lowest BCUT2D eigenvalue weighted by Crippen LogP contribution is -1.93. The summed E-state index contributed by atoms with van der Waals surface area (Å²) in [6, 6.07) is 7.08. The Hall–Kier alpha value is -1.46. The number of benzene rings is 1. The van der Waals surface area contributed by atoms with E-state index in [4.69, 9.17) is 11.6 Å². The van der Waals surface area contributed by atoms with E-state index in [1.807, 2.05) is 6.07 Å². The molecule has 2 aromatic rings. The fourth-order valence-corrected chi connectivity index (χ4v) is 1.37. The summed E-state index contributed by atoms with van der Waals surface area (Å²) in [7, 11) is 0. The summed E-state index contributed by atoms with van der Waals surface area (Å²) in [5, 5.41) is 22.7. The summed E-state index contributed by atoms with van der Waals surface area (Å²) in [6.45, 7) is 0. The van der Waals surface area contributed by atoms with Gasteiger partial charge in [0.15, 0.2) is 5.56 Å². The summed E-state index contributed by atoms with van der Waals surface area (Å²) in [4.78, 5) is 0. The van der Waals surface area contributed by atoms with Gasteiger partial charge in [0.05, 0.1) is 0 Å². The van der Waals surface area contributed by atoms with E-state index in [2.05, 4.69) is 20.6 Å². The Morgan fingerprint density at radius 1 is 1.36 bits per heavy atom. The van der Waals surface area contributed by atoms with Crippen molar-refractivity contribution in [2.75, 3.05) is 0 Å². The lowest BCUT2D eigenvalue weighted by molar-refractivity contribution is 0.263. The molecule has 6 heteroatoms. The minimum atomic E-state index is -1.07. The van der Waals surface area contributed by atoms with Crippen molar-refractivity contribution in [1.82, 2.24) is 20.6 Å². The maximum Gasteiger partial charge on any atom is 0.205 e. The number of nitrogens with one attached hydrogen (secondary N) is 1. The first-order chi connectivity index (χ1) is 6.79. The van der Waals surface area contributed by atoms with Crippen LogP contribution in [0.1, 0.15) is 11.1 Å². The van der Waals surface area contributed by atoms with Crippen molar-refractivity contribution in [2.24, 2.45) is 0 Å². The number of aliphatic hydroxyl groups is 1. The van der Waals surface area contributed by atoms with Crippen molar-refractivity contribution >= 4 is 11.6 Å². The van der Waals surface area contributed by atoms with Crippen molar-refractivity contribution in [2.45, 2.75) is 5.56 Å². The fraction of sp³-hybridized carbons (Fsp3) is 0.125. The number of nitrogens with zero attached hydrogens (tertiary/aromatic N) is 3. The van der Waals surface area contributed by atoms with Crippen LogP contribution in [0.25, 0.3) is 11.4 Å². The van der Waals surface area contributed by atoms with Gasteiger partial charge in [0.1, 0.15) is 0 Å². The quantitative estimate of drug-likeness (QED) is 0.728. The summed E-state index contributed by atoms with van der Waals surface area (Å²) < 4.78 is 0. The van der Waals surface area contributed by atoms with Crippen LogP contribution in [0, 0.1) is 0 Å². The normalized spacial score (nSPS) is 12.7. The second kappa shape index (κ2) is 3.73. The fourth-order valence-electron chi connectivity index (χ4n) is 1.18. The van der Waals surface area contributed by atoms with E-state index < -0.39 is 5.56 Å². The third-order valence-electron chi connectivity index (χ3n) is 1.80. The molecule has 0 aliphatic heterocycles. The van der Waals surface area contributed by atoms with Gasteiger partial charge in [-0.1, -0.05) is 35.9 Å². The number of aliphatic hydroxyl groups excluding tert-OH is 1. The molecule has 1 aromatic carbocycles.